The SMILES string of the molecule is C=C1CCC(C)(C)C(CCCCCCCCCCCCCCCN(C)C)=C1C. The fraction of sp³-hybridized carbons (Fsp3) is 0.852. The van der Waals surface area contributed by atoms with Crippen LogP contribution < -0.4 is 0 Å². The quantitative estimate of drug-likeness (QED) is 0.239. The molecule has 0 unspecified atom stereocenters. The zero-order chi connectivity index (χ0) is 20.8. The van der Waals surface area contributed by atoms with Gasteiger partial charge in [-0.3, -0.25) is 0 Å². The Bertz CT molecular complexity index is 455. The number of hydrogen-bond donors (Lipinski definition) is 0. The molecule has 0 aliphatic heterocycles. The van der Waals surface area contributed by atoms with Gasteiger partial charge in [0, 0.05) is 0 Å². The van der Waals surface area contributed by atoms with Crippen LogP contribution in [0.3, 0.4) is 0 Å². The van der Waals surface area contributed by atoms with E-state index in [1.54, 1.807) is 5.57 Å². The molecule has 0 radical (unpaired) electrons. The Hall–Kier alpha value is -0.560. The van der Waals surface area contributed by atoms with E-state index < -0.39 is 0 Å². The van der Waals surface area contributed by atoms with Gasteiger partial charge in [-0.15, -0.1) is 0 Å². The molecular formula is C27H51N. The van der Waals surface area contributed by atoms with Crippen LogP contribution in [0.1, 0.15) is 124 Å². The van der Waals surface area contributed by atoms with Gasteiger partial charge in [-0.25, -0.2) is 0 Å². The summed E-state index contributed by atoms with van der Waals surface area (Å²) in [6.45, 7) is 12.7. The number of unbranched alkanes of at least 4 members (excludes halogenated alkanes) is 12. The lowest BCUT2D eigenvalue weighted by atomic mass is 9.70. The molecule has 0 aromatic heterocycles. The first kappa shape index (κ1) is 25.5. The lowest BCUT2D eigenvalue weighted by molar-refractivity contribution is 0.372. The van der Waals surface area contributed by atoms with Crippen molar-refractivity contribution in [3.8, 4) is 0 Å². The predicted molar refractivity (Wildman–Crippen MR) is 128 cm³/mol. The van der Waals surface area contributed by atoms with Crippen molar-refractivity contribution in [2.45, 2.75) is 124 Å². The van der Waals surface area contributed by atoms with E-state index >= 15 is 0 Å². The lowest BCUT2D eigenvalue weighted by Gasteiger charge is -2.35. The Balaban J connectivity index is 1.92. The average molecular weight is 390 g/mol. The third kappa shape index (κ3) is 10.8. The summed E-state index contributed by atoms with van der Waals surface area (Å²) in [7, 11) is 4.35. The average Bonchev–Trinajstić information content (AvgIpc) is 2.64. The first-order valence-corrected chi connectivity index (χ1v) is 12.4. The van der Waals surface area contributed by atoms with Crippen LogP contribution >= 0.6 is 0 Å². The second-order valence-electron chi connectivity index (χ2n) is 10.2. The van der Waals surface area contributed by atoms with Gasteiger partial charge in [0.1, 0.15) is 0 Å². The van der Waals surface area contributed by atoms with Gasteiger partial charge in [0.05, 0.1) is 0 Å². The van der Waals surface area contributed by atoms with Crippen molar-refractivity contribution < 1.29 is 0 Å². The molecule has 0 amide bonds. The molecule has 164 valence electrons. The van der Waals surface area contributed by atoms with Crippen molar-refractivity contribution in [3.63, 3.8) is 0 Å². The number of hydrogen-bond acceptors (Lipinski definition) is 1. The Morgan fingerprint density at radius 2 is 1.18 bits per heavy atom. The van der Waals surface area contributed by atoms with Crippen molar-refractivity contribution in [2.24, 2.45) is 5.41 Å². The zero-order valence-electron chi connectivity index (χ0n) is 20.2. The van der Waals surface area contributed by atoms with Gasteiger partial charge in [-0.1, -0.05) is 102 Å². The second-order valence-corrected chi connectivity index (χ2v) is 10.2. The smallest absolute Gasteiger partial charge is 0.00248 e. The molecule has 1 heteroatoms. The first-order valence-electron chi connectivity index (χ1n) is 12.4. The van der Waals surface area contributed by atoms with E-state index in [9.17, 15) is 0 Å². The van der Waals surface area contributed by atoms with E-state index in [0.29, 0.717) is 5.41 Å². The van der Waals surface area contributed by atoms with Crippen LogP contribution in [0.25, 0.3) is 0 Å². The molecule has 0 bridgehead atoms. The second kappa shape index (κ2) is 14.4. The molecule has 0 aromatic rings. The van der Waals surface area contributed by atoms with E-state index in [0.717, 1.165) is 0 Å². The van der Waals surface area contributed by atoms with Gasteiger partial charge >= 0.3 is 0 Å². The molecule has 0 spiro atoms. The van der Waals surface area contributed by atoms with Crippen LogP contribution in [0.2, 0.25) is 0 Å². The van der Waals surface area contributed by atoms with Crippen molar-refractivity contribution in [1.82, 2.24) is 4.90 Å². The molecule has 0 N–H and O–H groups in total. The summed E-state index contributed by atoms with van der Waals surface area (Å²) in [6, 6.07) is 0. The Morgan fingerprint density at radius 3 is 1.64 bits per heavy atom. The molecule has 28 heavy (non-hydrogen) atoms. The highest BCUT2D eigenvalue weighted by molar-refractivity contribution is 5.38. The Kier molecular flexibility index (Phi) is 13.1. The van der Waals surface area contributed by atoms with Gasteiger partial charge in [0.15, 0.2) is 0 Å². The van der Waals surface area contributed by atoms with Gasteiger partial charge in [-0.05, 0) is 70.7 Å². The standard InChI is InChI=1S/C27H51N/c1-24-21-22-27(3,4)26(25(24)2)20-18-16-14-12-10-8-7-9-11-13-15-17-19-23-28(5)6/h1,7-23H2,2-6H3. The van der Waals surface area contributed by atoms with Gasteiger partial charge in [-0.2, -0.15) is 0 Å². The lowest BCUT2D eigenvalue weighted by Crippen LogP contribution is -2.21. The number of allylic oxidation sites excluding steroid dienone is 3. The van der Waals surface area contributed by atoms with Crippen LogP contribution in [-0.2, 0) is 0 Å². The molecule has 0 saturated heterocycles. The van der Waals surface area contributed by atoms with Crippen molar-refractivity contribution in [3.05, 3.63) is 23.3 Å². The minimum atomic E-state index is 0.400. The molecule has 0 heterocycles. The van der Waals surface area contributed by atoms with E-state index in [4.69, 9.17) is 0 Å². The van der Waals surface area contributed by atoms with Crippen molar-refractivity contribution in [2.75, 3.05) is 20.6 Å². The monoisotopic (exact) mass is 389 g/mol. The summed E-state index contributed by atoms with van der Waals surface area (Å²) in [4.78, 5) is 2.30. The maximum absolute atomic E-state index is 4.28. The minimum absolute atomic E-state index is 0.400. The molecule has 0 atom stereocenters. The van der Waals surface area contributed by atoms with Crippen LogP contribution in [0, 0.1) is 5.41 Å². The highest BCUT2D eigenvalue weighted by Gasteiger charge is 2.29. The Morgan fingerprint density at radius 1 is 0.750 bits per heavy atom. The van der Waals surface area contributed by atoms with Gasteiger partial charge in [0.25, 0.3) is 0 Å². The van der Waals surface area contributed by atoms with Crippen LogP contribution in [0.15, 0.2) is 23.3 Å². The van der Waals surface area contributed by atoms with E-state index in [1.165, 1.54) is 120 Å². The summed E-state index contributed by atoms with van der Waals surface area (Å²) in [5.74, 6) is 0. The van der Waals surface area contributed by atoms with Crippen LogP contribution in [0.5, 0.6) is 0 Å². The summed E-state index contributed by atoms with van der Waals surface area (Å²) in [5.41, 5.74) is 5.01. The van der Waals surface area contributed by atoms with Gasteiger partial charge in [0.2, 0.25) is 0 Å². The third-order valence-electron chi connectivity index (χ3n) is 6.88. The minimum Gasteiger partial charge on any atom is -0.309 e. The number of nitrogens with zero attached hydrogens (tertiary/aromatic N) is 1. The fourth-order valence-corrected chi connectivity index (χ4v) is 4.72. The van der Waals surface area contributed by atoms with E-state index in [2.05, 4.69) is 46.3 Å². The first-order chi connectivity index (χ1) is 13.3. The Labute approximate surface area is 178 Å². The molecule has 0 fully saturated rings. The highest BCUT2D eigenvalue weighted by atomic mass is 15.0. The zero-order valence-corrected chi connectivity index (χ0v) is 20.2. The van der Waals surface area contributed by atoms with E-state index in [1.807, 2.05) is 0 Å². The predicted octanol–water partition coefficient (Wildman–Crippen LogP) is 8.70. The topological polar surface area (TPSA) is 3.24 Å². The molecule has 1 aliphatic rings. The normalized spacial score (nSPS) is 17.0. The van der Waals surface area contributed by atoms with Crippen molar-refractivity contribution >= 4 is 0 Å². The molecule has 0 saturated carbocycles. The maximum atomic E-state index is 4.28. The van der Waals surface area contributed by atoms with Gasteiger partial charge < -0.3 is 4.90 Å². The maximum Gasteiger partial charge on any atom is -0.00248 e. The molecule has 0 aromatic carbocycles. The molecular weight excluding hydrogens is 338 g/mol. The van der Waals surface area contributed by atoms with Crippen LogP contribution in [-0.4, -0.2) is 25.5 Å². The summed E-state index contributed by atoms with van der Waals surface area (Å²) < 4.78 is 0. The van der Waals surface area contributed by atoms with E-state index in [-0.39, 0.29) is 0 Å². The molecule has 1 aliphatic carbocycles. The summed E-state index contributed by atoms with van der Waals surface area (Å²) in [6.07, 6.45) is 22.4. The molecule has 1 rings (SSSR count). The largest absolute Gasteiger partial charge is 0.309 e. The third-order valence-corrected chi connectivity index (χ3v) is 6.88. The highest BCUT2D eigenvalue weighted by Crippen LogP contribution is 2.44. The number of rotatable bonds is 16. The van der Waals surface area contributed by atoms with Crippen molar-refractivity contribution in [1.29, 1.82) is 0 Å². The summed E-state index contributed by atoms with van der Waals surface area (Å²) in [5, 5.41) is 0. The summed E-state index contributed by atoms with van der Waals surface area (Å²) >= 11 is 0. The molecule has 1 nitrogen and oxygen atoms in total. The van der Waals surface area contributed by atoms with Crippen LogP contribution in [0.4, 0.5) is 0 Å². The fourth-order valence-electron chi connectivity index (χ4n) is 4.72.